The number of hydrogen-bond donors (Lipinski definition) is 3. The molecule has 3 N–H and O–H groups in total. The summed E-state index contributed by atoms with van der Waals surface area (Å²) in [5.41, 5.74) is -1.47. The third-order valence-corrected chi connectivity index (χ3v) is 3.09. The minimum absolute atomic E-state index is 0.116. The second-order valence-corrected chi connectivity index (χ2v) is 5.82. The van der Waals surface area contributed by atoms with Gasteiger partial charge < -0.3 is 20.3 Å². The number of aliphatic hydroxyl groups is 1. The van der Waals surface area contributed by atoms with Crippen molar-refractivity contribution in [2.24, 2.45) is 0 Å². The van der Waals surface area contributed by atoms with Crippen molar-refractivity contribution >= 4 is 27.8 Å². The highest BCUT2D eigenvalue weighted by Crippen LogP contribution is 2.17. The number of carboxylic acids is 1. The number of hydrogen-bond acceptors (Lipinski definition) is 4. The Labute approximate surface area is 131 Å². The lowest BCUT2D eigenvalue weighted by Gasteiger charge is -2.21. The second kappa shape index (κ2) is 7.99. The first-order valence-electron chi connectivity index (χ1n) is 6.38. The number of rotatable bonds is 8. The lowest BCUT2D eigenvalue weighted by atomic mass is 10.0. The molecule has 0 fully saturated rings. The van der Waals surface area contributed by atoms with Crippen LogP contribution in [0.15, 0.2) is 28.7 Å². The summed E-state index contributed by atoms with van der Waals surface area (Å²) in [5, 5.41) is 20.8. The van der Waals surface area contributed by atoms with Gasteiger partial charge >= 0.3 is 5.97 Å². The van der Waals surface area contributed by atoms with Crippen LogP contribution >= 0.6 is 15.9 Å². The molecule has 0 aliphatic rings. The molecule has 0 aromatic heterocycles. The van der Waals surface area contributed by atoms with Gasteiger partial charge in [0.05, 0.1) is 25.0 Å². The van der Waals surface area contributed by atoms with Gasteiger partial charge in [-0.1, -0.05) is 22.0 Å². The summed E-state index contributed by atoms with van der Waals surface area (Å²) < 4.78 is 6.29. The standard InChI is InChI=1S/C14H18BrNO5/c1-14(20,8-13(18)19)9-16-12(17)5-6-21-11-4-2-3-10(15)7-11/h2-4,7,20H,5-6,8-9H2,1H3,(H,16,17)(H,18,19). The van der Waals surface area contributed by atoms with Crippen LogP contribution in [0.4, 0.5) is 0 Å². The van der Waals surface area contributed by atoms with Crippen molar-refractivity contribution in [2.75, 3.05) is 13.2 Å². The van der Waals surface area contributed by atoms with E-state index in [1.807, 2.05) is 12.1 Å². The van der Waals surface area contributed by atoms with Crippen LogP contribution in [0.1, 0.15) is 19.8 Å². The van der Waals surface area contributed by atoms with Gasteiger partial charge in [-0.05, 0) is 25.1 Å². The largest absolute Gasteiger partial charge is 0.493 e. The number of carboxylic acid groups (broad SMARTS) is 1. The van der Waals surface area contributed by atoms with E-state index in [2.05, 4.69) is 21.2 Å². The first-order chi connectivity index (χ1) is 9.78. The number of carbonyl (C=O) groups excluding carboxylic acids is 1. The van der Waals surface area contributed by atoms with Crippen molar-refractivity contribution in [3.8, 4) is 5.75 Å². The summed E-state index contributed by atoms with van der Waals surface area (Å²) in [6, 6.07) is 7.25. The van der Waals surface area contributed by atoms with Crippen molar-refractivity contribution < 1.29 is 24.5 Å². The molecule has 7 heteroatoms. The van der Waals surface area contributed by atoms with Crippen LogP contribution in [0.2, 0.25) is 0 Å². The fourth-order valence-corrected chi connectivity index (χ4v) is 1.96. The number of ether oxygens (including phenoxy) is 1. The molecule has 0 bridgehead atoms. The third kappa shape index (κ3) is 7.67. The van der Waals surface area contributed by atoms with E-state index in [9.17, 15) is 14.7 Å². The van der Waals surface area contributed by atoms with Gasteiger partial charge in [0.25, 0.3) is 0 Å². The van der Waals surface area contributed by atoms with E-state index in [-0.39, 0.29) is 25.5 Å². The van der Waals surface area contributed by atoms with Crippen LogP contribution < -0.4 is 10.1 Å². The van der Waals surface area contributed by atoms with Crippen LogP contribution in [-0.2, 0) is 9.59 Å². The molecule has 116 valence electrons. The molecule has 0 heterocycles. The van der Waals surface area contributed by atoms with Crippen molar-refractivity contribution in [3.05, 3.63) is 28.7 Å². The Kier molecular flexibility index (Phi) is 6.64. The van der Waals surface area contributed by atoms with Gasteiger partial charge in [0.1, 0.15) is 5.75 Å². The van der Waals surface area contributed by atoms with E-state index in [1.54, 1.807) is 12.1 Å². The predicted octanol–water partition coefficient (Wildman–Crippen LogP) is 1.56. The molecule has 1 unspecified atom stereocenters. The molecule has 1 amide bonds. The molecule has 0 aliphatic heterocycles. The Morgan fingerprint density at radius 1 is 1.43 bits per heavy atom. The number of halogens is 1. The second-order valence-electron chi connectivity index (χ2n) is 4.90. The van der Waals surface area contributed by atoms with Gasteiger partial charge in [-0.2, -0.15) is 0 Å². The van der Waals surface area contributed by atoms with E-state index < -0.39 is 18.0 Å². The summed E-state index contributed by atoms with van der Waals surface area (Å²) >= 11 is 3.31. The van der Waals surface area contributed by atoms with Crippen LogP contribution in [0.5, 0.6) is 5.75 Å². The minimum atomic E-state index is -1.47. The zero-order chi connectivity index (χ0) is 15.9. The smallest absolute Gasteiger partial charge is 0.306 e. The van der Waals surface area contributed by atoms with E-state index in [4.69, 9.17) is 9.84 Å². The Bertz CT molecular complexity index is 504. The monoisotopic (exact) mass is 359 g/mol. The molecular formula is C14H18BrNO5. The number of aliphatic carboxylic acids is 1. The predicted molar refractivity (Wildman–Crippen MR) is 80.1 cm³/mol. The van der Waals surface area contributed by atoms with Crippen molar-refractivity contribution in [2.45, 2.75) is 25.4 Å². The first-order valence-corrected chi connectivity index (χ1v) is 7.17. The molecule has 6 nitrogen and oxygen atoms in total. The fourth-order valence-electron chi connectivity index (χ4n) is 1.58. The highest BCUT2D eigenvalue weighted by Gasteiger charge is 2.24. The number of carbonyl (C=O) groups is 2. The number of amides is 1. The molecule has 1 atom stereocenters. The maximum Gasteiger partial charge on any atom is 0.306 e. The Morgan fingerprint density at radius 3 is 2.76 bits per heavy atom. The highest BCUT2D eigenvalue weighted by molar-refractivity contribution is 9.10. The zero-order valence-corrected chi connectivity index (χ0v) is 13.2. The lowest BCUT2D eigenvalue weighted by molar-refractivity contribution is -0.142. The summed E-state index contributed by atoms with van der Waals surface area (Å²) in [5.74, 6) is -0.780. The topological polar surface area (TPSA) is 95.9 Å². The van der Waals surface area contributed by atoms with Crippen molar-refractivity contribution in [1.29, 1.82) is 0 Å². The van der Waals surface area contributed by atoms with Crippen molar-refractivity contribution in [3.63, 3.8) is 0 Å². The average Bonchev–Trinajstić information content (AvgIpc) is 2.35. The Balaban J connectivity index is 2.27. The maximum atomic E-state index is 11.6. The van der Waals surface area contributed by atoms with Crippen LogP contribution in [0.3, 0.4) is 0 Å². The fraction of sp³-hybridized carbons (Fsp3) is 0.429. The maximum absolute atomic E-state index is 11.6. The van der Waals surface area contributed by atoms with Crippen molar-refractivity contribution in [1.82, 2.24) is 5.32 Å². The Hall–Kier alpha value is -1.60. The normalized spacial score (nSPS) is 13.3. The minimum Gasteiger partial charge on any atom is -0.493 e. The van der Waals surface area contributed by atoms with Gasteiger partial charge in [-0.25, -0.2) is 0 Å². The van der Waals surface area contributed by atoms with Crippen LogP contribution in [0.25, 0.3) is 0 Å². The molecule has 0 saturated heterocycles. The molecule has 1 aromatic rings. The van der Waals surface area contributed by atoms with E-state index in [0.717, 1.165) is 4.47 Å². The summed E-state index contributed by atoms with van der Waals surface area (Å²) in [6.45, 7) is 1.44. The zero-order valence-electron chi connectivity index (χ0n) is 11.6. The highest BCUT2D eigenvalue weighted by atomic mass is 79.9. The molecular weight excluding hydrogens is 342 g/mol. The van der Waals surface area contributed by atoms with Crippen LogP contribution in [0, 0.1) is 0 Å². The quantitative estimate of drug-likeness (QED) is 0.654. The van der Waals surface area contributed by atoms with Crippen LogP contribution in [-0.4, -0.2) is 40.8 Å². The van der Waals surface area contributed by atoms with E-state index in [0.29, 0.717) is 5.75 Å². The van der Waals surface area contributed by atoms with Gasteiger partial charge in [-0.15, -0.1) is 0 Å². The van der Waals surface area contributed by atoms with Gasteiger partial charge in [0, 0.05) is 11.0 Å². The molecule has 0 radical (unpaired) electrons. The molecule has 0 aliphatic carbocycles. The molecule has 21 heavy (non-hydrogen) atoms. The molecule has 1 rings (SSSR count). The molecule has 0 spiro atoms. The Morgan fingerprint density at radius 2 is 2.14 bits per heavy atom. The van der Waals surface area contributed by atoms with Gasteiger partial charge in [0.2, 0.25) is 5.91 Å². The average molecular weight is 360 g/mol. The number of nitrogens with one attached hydrogen (secondary N) is 1. The number of benzene rings is 1. The SMILES string of the molecule is CC(O)(CNC(=O)CCOc1cccc(Br)c1)CC(=O)O. The molecule has 0 saturated carbocycles. The first kappa shape index (κ1) is 17.5. The third-order valence-electron chi connectivity index (χ3n) is 2.59. The summed E-state index contributed by atoms with van der Waals surface area (Å²) in [4.78, 5) is 22.1. The van der Waals surface area contributed by atoms with E-state index >= 15 is 0 Å². The summed E-state index contributed by atoms with van der Waals surface area (Å²) in [7, 11) is 0. The van der Waals surface area contributed by atoms with E-state index in [1.165, 1.54) is 6.92 Å². The van der Waals surface area contributed by atoms with Gasteiger partial charge in [0.15, 0.2) is 0 Å². The summed E-state index contributed by atoms with van der Waals surface area (Å²) in [6.07, 6.45) is -0.308. The van der Waals surface area contributed by atoms with Gasteiger partial charge in [-0.3, -0.25) is 9.59 Å². The molecule has 1 aromatic carbocycles. The lowest BCUT2D eigenvalue weighted by Crippen LogP contribution is -2.42.